The lowest BCUT2D eigenvalue weighted by atomic mass is 10.1. The van der Waals surface area contributed by atoms with Crippen LogP contribution in [0.25, 0.3) is 0 Å². The molecular formula is C17H19F2NO. The summed E-state index contributed by atoms with van der Waals surface area (Å²) < 4.78 is 29.1. The molecular weight excluding hydrogens is 272 g/mol. The van der Waals surface area contributed by atoms with Gasteiger partial charge in [-0.3, -0.25) is 0 Å². The molecule has 21 heavy (non-hydrogen) atoms. The van der Waals surface area contributed by atoms with E-state index in [1.165, 1.54) is 11.1 Å². The van der Waals surface area contributed by atoms with Crippen molar-refractivity contribution in [1.29, 1.82) is 0 Å². The number of hydrogen-bond donors (Lipinski definition) is 1. The Balaban J connectivity index is 1.85. The highest BCUT2D eigenvalue weighted by Gasteiger charge is 2.08. The van der Waals surface area contributed by atoms with Crippen LogP contribution < -0.4 is 10.1 Å². The first-order valence-corrected chi connectivity index (χ1v) is 6.95. The second-order valence-corrected chi connectivity index (χ2v) is 4.84. The lowest BCUT2D eigenvalue weighted by Gasteiger charge is -2.11. The summed E-state index contributed by atoms with van der Waals surface area (Å²) in [5, 5.41) is 3.27. The number of para-hydroxylation sites is 1. The molecule has 0 saturated heterocycles. The van der Waals surface area contributed by atoms with Gasteiger partial charge in [0.15, 0.2) is 0 Å². The maximum Gasteiger partial charge on any atom is 0.387 e. The van der Waals surface area contributed by atoms with Crippen molar-refractivity contribution in [2.24, 2.45) is 0 Å². The number of aryl methyl sites for hydroxylation is 1. The average Bonchev–Trinajstić information content (AvgIpc) is 2.46. The molecule has 2 rings (SSSR count). The Morgan fingerprint density at radius 2 is 1.67 bits per heavy atom. The molecule has 0 aliphatic rings. The number of nitrogens with one attached hydrogen (secondary N) is 1. The van der Waals surface area contributed by atoms with Gasteiger partial charge in [-0.05, 0) is 37.1 Å². The predicted octanol–water partition coefficient (Wildman–Crippen LogP) is 3.93. The highest BCUT2D eigenvalue weighted by Crippen LogP contribution is 2.19. The molecule has 0 atom stereocenters. The highest BCUT2D eigenvalue weighted by atomic mass is 19.3. The summed E-state index contributed by atoms with van der Waals surface area (Å²) in [5.74, 6) is 0.232. The third-order valence-corrected chi connectivity index (χ3v) is 3.34. The van der Waals surface area contributed by atoms with E-state index in [0.717, 1.165) is 18.5 Å². The van der Waals surface area contributed by atoms with Crippen LogP contribution in [0.5, 0.6) is 5.75 Å². The van der Waals surface area contributed by atoms with Crippen LogP contribution in [0.2, 0.25) is 0 Å². The summed E-state index contributed by atoms with van der Waals surface area (Å²) in [6.07, 6.45) is 0.907. The van der Waals surface area contributed by atoms with E-state index in [2.05, 4.69) is 29.1 Å². The molecule has 0 spiro atoms. The largest absolute Gasteiger partial charge is 0.434 e. The molecule has 0 bridgehead atoms. The standard InChI is InChI=1S/C17H19F2NO/c1-13-6-2-3-7-14(13)10-11-20-12-15-8-4-5-9-16(15)21-17(18)19/h2-9,17,20H,10-12H2,1H3. The number of hydrogen-bond acceptors (Lipinski definition) is 2. The molecule has 2 nitrogen and oxygen atoms in total. The quantitative estimate of drug-likeness (QED) is 0.780. The third kappa shape index (κ3) is 4.83. The van der Waals surface area contributed by atoms with Gasteiger partial charge in [-0.2, -0.15) is 8.78 Å². The van der Waals surface area contributed by atoms with Crippen molar-refractivity contribution in [3.05, 3.63) is 65.2 Å². The zero-order chi connectivity index (χ0) is 15.1. The zero-order valence-electron chi connectivity index (χ0n) is 12.0. The number of halogens is 2. The van der Waals surface area contributed by atoms with E-state index in [1.807, 2.05) is 18.2 Å². The van der Waals surface area contributed by atoms with Gasteiger partial charge >= 0.3 is 6.61 Å². The minimum absolute atomic E-state index is 0.232. The van der Waals surface area contributed by atoms with Gasteiger partial charge < -0.3 is 10.1 Å². The number of alkyl halides is 2. The second kappa shape index (κ2) is 7.74. The van der Waals surface area contributed by atoms with Gasteiger partial charge in [-0.25, -0.2) is 0 Å². The Kier molecular flexibility index (Phi) is 5.69. The fourth-order valence-corrected chi connectivity index (χ4v) is 2.20. The Bertz CT molecular complexity index is 572. The zero-order valence-corrected chi connectivity index (χ0v) is 12.0. The summed E-state index contributed by atoms with van der Waals surface area (Å²) in [4.78, 5) is 0. The number of ether oxygens (including phenoxy) is 1. The summed E-state index contributed by atoms with van der Waals surface area (Å²) >= 11 is 0. The van der Waals surface area contributed by atoms with Gasteiger partial charge in [-0.1, -0.05) is 42.5 Å². The molecule has 0 fully saturated rings. The molecule has 0 amide bonds. The van der Waals surface area contributed by atoms with Gasteiger partial charge in [0, 0.05) is 12.1 Å². The topological polar surface area (TPSA) is 21.3 Å². The SMILES string of the molecule is Cc1ccccc1CCNCc1ccccc1OC(F)F. The maximum absolute atomic E-state index is 12.3. The fourth-order valence-electron chi connectivity index (χ4n) is 2.20. The molecule has 0 aliphatic heterocycles. The Morgan fingerprint density at radius 3 is 2.38 bits per heavy atom. The number of rotatable bonds is 7. The van der Waals surface area contributed by atoms with E-state index in [4.69, 9.17) is 0 Å². The molecule has 0 aliphatic carbocycles. The van der Waals surface area contributed by atoms with Crippen LogP contribution in [0, 0.1) is 6.92 Å². The van der Waals surface area contributed by atoms with Crippen molar-refractivity contribution in [3.8, 4) is 5.75 Å². The molecule has 2 aromatic rings. The maximum atomic E-state index is 12.3. The smallest absolute Gasteiger partial charge is 0.387 e. The Morgan fingerprint density at radius 1 is 1.00 bits per heavy atom. The Labute approximate surface area is 123 Å². The van der Waals surface area contributed by atoms with E-state index in [0.29, 0.717) is 6.54 Å². The molecule has 112 valence electrons. The molecule has 0 unspecified atom stereocenters. The molecule has 0 saturated carbocycles. The van der Waals surface area contributed by atoms with Crippen molar-refractivity contribution in [3.63, 3.8) is 0 Å². The van der Waals surface area contributed by atoms with Gasteiger partial charge in [-0.15, -0.1) is 0 Å². The van der Waals surface area contributed by atoms with Gasteiger partial charge in [0.05, 0.1) is 0 Å². The van der Waals surface area contributed by atoms with Gasteiger partial charge in [0.25, 0.3) is 0 Å². The van der Waals surface area contributed by atoms with E-state index in [9.17, 15) is 8.78 Å². The van der Waals surface area contributed by atoms with Gasteiger partial charge in [0.1, 0.15) is 5.75 Å². The lowest BCUT2D eigenvalue weighted by Crippen LogP contribution is -2.18. The second-order valence-electron chi connectivity index (χ2n) is 4.84. The lowest BCUT2D eigenvalue weighted by molar-refractivity contribution is -0.0504. The van der Waals surface area contributed by atoms with Crippen molar-refractivity contribution in [2.75, 3.05) is 6.54 Å². The van der Waals surface area contributed by atoms with Crippen molar-refractivity contribution in [1.82, 2.24) is 5.32 Å². The van der Waals surface area contributed by atoms with Crippen LogP contribution in [0.15, 0.2) is 48.5 Å². The van der Waals surface area contributed by atoms with Crippen LogP contribution in [0.1, 0.15) is 16.7 Å². The number of benzene rings is 2. The predicted molar refractivity (Wildman–Crippen MR) is 79.7 cm³/mol. The molecule has 0 heterocycles. The van der Waals surface area contributed by atoms with Crippen molar-refractivity contribution >= 4 is 0 Å². The third-order valence-electron chi connectivity index (χ3n) is 3.34. The van der Waals surface area contributed by atoms with E-state index >= 15 is 0 Å². The molecule has 0 radical (unpaired) electrons. The molecule has 1 N–H and O–H groups in total. The minimum atomic E-state index is -2.79. The first-order valence-electron chi connectivity index (χ1n) is 6.95. The Hall–Kier alpha value is -1.94. The van der Waals surface area contributed by atoms with Crippen LogP contribution in [-0.2, 0) is 13.0 Å². The van der Waals surface area contributed by atoms with E-state index < -0.39 is 6.61 Å². The van der Waals surface area contributed by atoms with Crippen LogP contribution in [-0.4, -0.2) is 13.2 Å². The summed E-state index contributed by atoms with van der Waals surface area (Å²) in [6, 6.07) is 15.1. The van der Waals surface area contributed by atoms with Crippen molar-refractivity contribution in [2.45, 2.75) is 26.5 Å². The summed E-state index contributed by atoms with van der Waals surface area (Å²) in [7, 11) is 0. The monoisotopic (exact) mass is 291 g/mol. The first-order chi connectivity index (χ1) is 10.2. The first kappa shape index (κ1) is 15.4. The van der Waals surface area contributed by atoms with E-state index in [-0.39, 0.29) is 5.75 Å². The van der Waals surface area contributed by atoms with Crippen LogP contribution >= 0.6 is 0 Å². The normalized spacial score (nSPS) is 10.9. The van der Waals surface area contributed by atoms with Gasteiger partial charge in [0.2, 0.25) is 0 Å². The fraction of sp³-hybridized carbons (Fsp3) is 0.294. The van der Waals surface area contributed by atoms with Crippen LogP contribution in [0.3, 0.4) is 0 Å². The highest BCUT2D eigenvalue weighted by molar-refractivity contribution is 5.33. The van der Waals surface area contributed by atoms with Crippen LogP contribution in [0.4, 0.5) is 8.78 Å². The minimum Gasteiger partial charge on any atom is -0.434 e. The molecule has 2 aromatic carbocycles. The average molecular weight is 291 g/mol. The molecule has 4 heteroatoms. The molecule has 0 aromatic heterocycles. The van der Waals surface area contributed by atoms with E-state index in [1.54, 1.807) is 18.2 Å². The summed E-state index contributed by atoms with van der Waals surface area (Å²) in [6.45, 7) is 0.585. The summed E-state index contributed by atoms with van der Waals surface area (Å²) in [5.41, 5.74) is 3.30. The van der Waals surface area contributed by atoms with Crippen molar-refractivity contribution < 1.29 is 13.5 Å².